The van der Waals surface area contributed by atoms with Crippen molar-refractivity contribution in [2.24, 2.45) is 5.92 Å². The number of nitrogens with one attached hydrogen (secondary N) is 1. The zero-order valence-corrected chi connectivity index (χ0v) is 11.2. The number of ketones is 1. The largest absolute Gasteiger partial charge is 0.307 e. The van der Waals surface area contributed by atoms with Gasteiger partial charge >= 0.3 is 0 Å². The lowest BCUT2D eigenvalue weighted by molar-refractivity contribution is -0.118. The van der Waals surface area contributed by atoms with Gasteiger partial charge in [-0.05, 0) is 48.6 Å². The third-order valence-electron chi connectivity index (χ3n) is 4.05. The van der Waals surface area contributed by atoms with Crippen LogP contribution in [0.5, 0.6) is 0 Å². The monoisotopic (exact) mass is 253 g/mol. The molecule has 2 heteroatoms. The molecule has 3 rings (SSSR count). The first kappa shape index (κ1) is 12.4. The predicted molar refractivity (Wildman–Crippen MR) is 78.2 cm³/mol. The molecule has 98 valence electrons. The molecule has 0 spiro atoms. The van der Waals surface area contributed by atoms with E-state index < -0.39 is 0 Å². The average molecular weight is 253 g/mol. The number of hydrogen-bond donors (Lipinski definition) is 1. The van der Waals surface area contributed by atoms with Crippen LogP contribution in [0.4, 0.5) is 0 Å². The number of fused-ring (bicyclic) bond motifs is 1. The van der Waals surface area contributed by atoms with Crippen molar-refractivity contribution in [3.8, 4) is 0 Å². The molecule has 1 saturated heterocycles. The minimum Gasteiger partial charge on any atom is -0.307 e. The van der Waals surface area contributed by atoms with Crippen LogP contribution in [0, 0.1) is 5.92 Å². The van der Waals surface area contributed by atoms with E-state index in [1.807, 2.05) is 0 Å². The first-order valence-corrected chi connectivity index (χ1v) is 6.94. The van der Waals surface area contributed by atoms with Crippen LogP contribution in [0.2, 0.25) is 0 Å². The molecule has 0 aliphatic carbocycles. The zero-order chi connectivity index (χ0) is 13.2. The molecule has 0 saturated carbocycles. The summed E-state index contributed by atoms with van der Waals surface area (Å²) in [6, 6.07) is 15.2. The third kappa shape index (κ3) is 2.69. The van der Waals surface area contributed by atoms with Gasteiger partial charge in [-0.15, -0.1) is 0 Å². The number of carbonyl (C=O) groups excluding carboxylic acids is 1. The van der Waals surface area contributed by atoms with Crippen molar-refractivity contribution in [2.75, 3.05) is 6.54 Å². The van der Waals surface area contributed by atoms with Crippen LogP contribution in [0.15, 0.2) is 42.5 Å². The number of rotatable bonds is 3. The Labute approximate surface area is 113 Å². The fourth-order valence-electron chi connectivity index (χ4n) is 2.97. The molecule has 1 unspecified atom stereocenters. The van der Waals surface area contributed by atoms with Gasteiger partial charge in [-0.2, -0.15) is 0 Å². The molecule has 1 aliphatic heterocycles. The quantitative estimate of drug-likeness (QED) is 0.911. The molecule has 1 aliphatic rings. The summed E-state index contributed by atoms with van der Waals surface area (Å²) in [6.45, 7) is 2.63. The van der Waals surface area contributed by atoms with E-state index >= 15 is 0 Å². The van der Waals surface area contributed by atoms with E-state index in [9.17, 15) is 4.79 Å². The molecule has 0 radical (unpaired) electrons. The van der Waals surface area contributed by atoms with E-state index in [0.717, 1.165) is 19.4 Å². The average Bonchev–Trinajstić information content (AvgIpc) is 2.87. The van der Waals surface area contributed by atoms with Crippen molar-refractivity contribution in [2.45, 2.75) is 25.8 Å². The Morgan fingerprint density at radius 2 is 2.00 bits per heavy atom. The number of Topliss-reactive ketones (excluding diaryl/α,β-unsaturated/α-hetero) is 1. The summed E-state index contributed by atoms with van der Waals surface area (Å²) in [6.07, 6.45) is 2.03. The van der Waals surface area contributed by atoms with Gasteiger partial charge in [-0.25, -0.2) is 0 Å². The van der Waals surface area contributed by atoms with Gasteiger partial charge in [0.1, 0.15) is 5.78 Å². The molecule has 1 heterocycles. The summed E-state index contributed by atoms with van der Waals surface area (Å²) in [5.74, 6) is 0.844. The second-order valence-corrected chi connectivity index (χ2v) is 5.56. The second kappa shape index (κ2) is 5.14. The highest BCUT2D eigenvalue weighted by Crippen LogP contribution is 2.22. The number of benzene rings is 2. The Hall–Kier alpha value is -1.67. The molecule has 1 fully saturated rings. The Bertz CT molecular complexity index is 605. The molecule has 0 bridgehead atoms. The lowest BCUT2D eigenvalue weighted by Crippen LogP contribution is -2.28. The summed E-state index contributed by atoms with van der Waals surface area (Å²) in [4.78, 5) is 11.4. The molecular formula is C17H19NO. The van der Waals surface area contributed by atoms with Crippen LogP contribution in [0.1, 0.15) is 18.9 Å². The molecule has 2 aromatic rings. The van der Waals surface area contributed by atoms with Gasteiger partial charge < -0.3 is 5.32 Å². The molecule has 2 nitrogen and oxygen atoms in total. The second-order valence-electron chi connectivity index (χ2n) is 5.56. The Morgan fingerprint density at radius 1 is 1.21 bits per heavy atom. The molecule has 0 amide bonds. The van der Waals surface area contributed by atoms with Gasteiger partial charge in [-0.3, -0.25) is 4.79 Å². The fourth-order valence-corrected chi connectivity index (χ4v) is 2.97. The van der Waals surface area contributed by atoms with Crippen LogP contribution in [0.3, 0.4) is 0 Å². The van der Waals surface area contributed by atoms with Crippen molar-refractivity contribution in [3.63, 3.8) is 0 Å². The maximum atomic E-state index is 11.4. The minimum absolute atomic E-state index is 0.0745. The number of hydrogen-bond acceptors (Lipinski definition) is 2. The van der Waals surface area contributed by atoms with E-state index in [-0.39, 0.29) is 11.8 Å². The predicted octanol–water partition coefficient (Wildman–Crippen LogP) is 2.95. The number of carbonyl (C=O) groups is 1. The summed E-state index contributed by atoms with van der Waals surface area (Å²) < 4.78 is 0. The molecule has 2 atom stereocenters. The Kier molecular flexibility index (Phi) is 3.34. The summed E-state index contributed by atoms with van der Waals surface area (Å²) in [5, 5.41) is 5.90. The Morgan fingerprint density at radius 3 is 2.74 bits per heavy atom. The van der Waals surface area contributed by atoms with Crippen molar-refractivity contribution in [3.05, 3.63) is 48.0 Å². The summed E-state index contributed by atoms with van der Waals surface area (Å²) in [5.41, 5.74) is 1.37. The first-order chi connectivity index (χ1) is 9.22. The van der Waals surface area contributed by atoms with Crippen molar-refractivity contribution < 1.29 is 4.79 Å². The molecular weight excluding hydrogens is 234 g/mol. The lowest BCUT2D eigenvalue weighted by atomic mass is 9.94. The minimum atomic E-state index is 0.0745. The van der Waals surface area contributed by atoms with E-state index in [2.05, 4.69) is 47.8 Å². The molecule has 2 aromatic carbocycles. The summed E-state index contributed by atoms with van der Waals surface area (Å²) >= 11 is 0. The maximum Gasteiger partial charge on any atom is 0.146 e. The van der Waals surface area contributed by atoms with Crippen molar-refractivity contribution >= 4 is 16.6 Å². The van der Waals surface area contributed by atoms with Gasteiger partial charge in [0.05, 0.1) is 6.04 Å². The summed E-state index contributed by atoms with van der Waals surface area (Å²) in [7, 11) is 0. The fraction of sp³-hybridized carbons (Fsp3) is 0.353. The van der Waals surface area contributed by atoms with E-state index in [4.69, 9.17) is 0 Å². The van der Waals surface area contributed by atoms with Crippen LogP contribution in [0.25, 0.3) is 10.8 Å². The standard InChI is InChI=1S/C17H19NO/c1-12(19)17-10-14(11-18-17)8-13-6-7-15-4-2-3-5-16(15)9-13/h2-7,9,14,17-18H,8,10-11H2,1H3/t14?,17-/m0/s1. The SMILES string of the molecule is CC(=O)[C@@H]1CC(Cc2ccc3ccccc3c2)CN1. The van der Waals surface area contributed by atoms with Crippen LogP contribution in [-0.2, 0) is 11.2 Å². The van der Waals surface area contributed by atoms with Gasteiger partial charge in [0.2, 0.25) is 0 Å². The van der Waals surface area contributed by atoms with Crippen LogP contribution >= 0.6 is 0 Å². The van der Waals surface area contributed by atoms with Gasteiger partial charge in [0.25, 0.3) is 0 Å². The van der Waals surface area contributed by atoms with E-state index in [1.165, 1.54) is 16.3 Å². The molecule has 0 aromatic heterocycles. The van der Waals surface area contributed by atoms with Gasteiger partial charge in [-0.1, -0.05) is 42.5 Å². The Balaban J connectivity index is 1.73. The van der Waals surface area contributed by atoms with Gasteiger partial charge in [0, 0.05) is 0 Å². The highest BCUT2D eigenvalue weighted by molar-refractivity contribution is 5.83. The molecule has 19 heavy (non-hydrogen) atoms. The smallest absolute Gasteiger partial charge is 0.146 e. The first-order valence-electron chi connectivity index (χ1n) is 6.94. The van der Waals surface area contributed by atoms with Crippen molar-refractivity contribution in [1.82, 2.24) is 5.32 Å². The van der Waals surface area contributed by atoms with Crippen LogP contribution < -0.4 is 5.32 Å². The highest BCUT2D eigenvalue weighted by Gasteiger charge is 2.26. The topological polar surface area (TPSA) is 29.1 Å². The van der Waals surface area contributed by atoms with Crippen molar-refractivity contribution in [1.29, 1.82) is 0 Å². The third-order valence-corrected chi connectivity index (χ3v) is 4.05. The maximum absolute atomic E-state index is 11.4. The molecule has 1 N–H and O–H groups in total. The zero-order valence-electron chi connectivity index (χ0n) is 11.2. The highest BCUT2D eigenvalue weighted by atomic mass is 16.1. The van der Waals surface area contributed by atoms with Gasteiger partial charge in [0.15, 0.2) is 0 Å². The normalized spacial score (nSPS) is 22.8. The van der Waals surface area contributed by atoms with E-state index in [0.29, 0.717) is 5.92 Å². The lowest BCUT2D eigenvalue weighted by Gasteiger charge is -2.09. The van der Waals surface area contributed by atoms with E-state index in [1.54, 1.807) is 6.92 Å². The van der Waals surface area contributed by atoms with Crippen LogP contribution in [-0.4, -0.2) is 18.4 Å².